The van der Waals surface area contributed by atoms with Gasteiger partial charge in [0.05, 0.1) is 18.1 Å². The van der Waals surface area contributed by atoms with Crippen molar-refractivity contribution in [2.45, 2.75) is 58.1 Å². The first-order valence-corrected chi connectivity index (χ1v) is 10.5. The van der Waals surface area contributed by atoms with Crippen LogP contribution >= 0.6 is 0 Å². The lowest BCUT2D eigenvalue weighted by molar-refractivity contribution is -0.153. The molecule has 166 valence electrons. The van der Waals surface area contributed by atoms with E-state index in [0.717, 1.165) is 5.56 Å². The van der Waals surface area contributed by atoms with Crippen LogP contribution in [0.3, 0.4) is 0 Å². The molecule has 1 spiro atoms. The number of carboxylic acids is 1. The molecule has 1 unspecified atom stereocenters. The molecular weight excluding hydrogens is 398 g/mol. The van der Waals surface area contributed by atoms with Crippen molar-refractivity contribution in [2.24, 2.45) is 5.41 Å². The molecule has 0 bridgehead atoms. The van der Waals surface area contributed by atoms with Crippen LogP contribution in [0.2, 0.25) is 0 Å². The third kappa shape index (κ3) is 4.98. The number of hydrogen-bond donors (Lipinski definition) is 1. The SMILES string of the molecule is CC(C)(C)C(C(=O)O)N1CCC2(CCN(C(=O)Cc3ccc(C#N)cc3)CC2)OC1=O. The molecule has 2 aliphatic heterocycles. The van der Waals surface area contributed by atoms with E-state index >= 15 is 0 Å². The number of carbonyl (C=O) groups is 3. The molecule has 0 aliphatic carbocycles. The smallest absolute Gasteiger partial charge is 0.411 e. The summed E-state index contributed by atoms with van der Waals surface area (Å²) >= 11 is 0. The van der Waals surface area contributed by atoms with Crippen LogP contribution in [-0.2, 0) is 20.7 Å². The quantitative estimate of drug-likeness (QED) is 0.791. The van der Waals surface area contributed by atoms with E-state index in [1.54, 1.807) is 49.9 Å². The van der Waals surface area contributed by atoms with Gasteiger partial charge in [-0.2, -0.15) is 5.26 Å². The van der Waals surface area contributed by atoms with Gasteiger partial charge in [0.1, 0.15) is 11.6 Å². The molecule has 2 saturated heterocycles. The van der Waals surface area contributed by atoms with Gasteiger partial charge in [-0.1, -0.05) is 32.9 Å². The molecule has 8 heteroatoms. The van der Waals surface area contributed by atoms with Gasteiger partial charge in [0.25, 0.3) is 0 Å². The van der Waals surface area contributed by atoms with Crippen LogP contribution in [0.4, 0.5) is 4.79 Å². The molecule has 1 aromatic carbocycles. The lowest BCUT2D eigenvalue weighted by Crippen LogP contribution is -2.60. The number of amides is 2. The van der Waals surface area contributed by atoms with Gasteiger partial charge in [-0.15, -0.1) is 0 Å². The monoisotopic (exact) mass is 427 g/mol. The van der Waals surface area contributed by atoms with Crippen molar-refractivity contribution in [3.05, 3.63) is 35.4 Å². The van der Waals surface area contributed by atoms with Gasteiger partial charge in [-0.3, -0.25) is 9.69 Å². The highest BCUT2D eigenvalue weighted by molar-refractivity contribution is 5.81. The second-order valence-electron chi connectivity index (χ2n) is 9.47. The van der Waals surface area contributed by atoms with Crippen LogP contribution in [0.5, 0.6) is 0 Å². The first-order valence-electron chi connectivity index (χ1n) is 10.5. The number of likely N-dealkylation sites (tertiary alicyclic amines) is 1. The summed E-state index contributed by atoms with van der Waals surface area (Å²) in [6.45, 7) is 6.69. The van der Waals surface area contributed by atoms with Gasteiger partial charge in [-0.05, 0) is 23.1 Å². The van der Waals surface area contributed by atoms with Gasteiger partial charge >= 0.3 is 12.1 Å². The molecule has 2 aliphatic rings. The second-order valence-corrected chi connectivity index (χ2v) is 9.47. The van der Waals surface area contributed by atoms with Crippen molar-refractivity contribution < 1.29 is 24.2 Å². The van der Waals surface area contributed by atoms with E-state index < -0.39 is 29.1 Å². The van der Waals surface area contributed by atoms with Crippen LogP contribution < -0.4 is 0 Å². The molecular formula is C23H29N3O5. The molecule has 0 saturated carbocycles. The van der Waals surface area contributed by atoms with E-state index in [4.69, 9.17) is 10.00 Å². The van der Waals surface area contributed by atoms with Gasteiger partial charge in [0, 0.05) is 38.9 Å². The van der Waals surface area contributed by atoms with Crippen LogP contribution in [0.25, 0.3) is 0 Å². The Balaban J connectivity index is 1.58. The summed E-state index contributed by atoms with van der Waals surface area (Å²) < 4.78 is 5.78. The number of carbonyl (C=O) groups excluding carboxylic acids is 2. The van der Waals surface area contributed by atoms with Crippen LogP contribution in [0.1, 0.15) is 51.2 Å². The molecule has 2 heterocycles. The van der Waals surface area contributed by atoms with Gasteiger partial charge in [0.2, 0.25) is 5.91 Å². The highest BCUT2D eigenvalue weighted by atomic mass is 16.6. The van der Waals surface area contributed by atoms with Crippen molar-refractivity contribution in [1.82, 2.24) is 9.80 Å². The number of ether oxygens (including phenoxy) is 1. The Labute approximate surface area is 182 Å². The fraction of sp³-hybridized carbons (Fsp3) is 0.565. The number of nitriles is 1. The fourth-order valence-electron chi connectivity index (χ4n) is 4.42. The maximum Gasteiger partial charge on any atom is 0.411 e. The van der Waals surface area contributed by atoms with E-state index in [1.807, 2.05) is 0 Å². The van der Waals surface area contributed by atoms with Crippen molar-refractivity contribution in [2.75, 3.05) is 19.6 Å². The lowest BCUT2D eigenvalue weighted by atomic mass is 9.83. The largest absolute Gasteiger partial charge is 0.480 e. The molecule has 1 N–H and O–H groups in total. The predicted molar refractivity (Wildman–Crippen MR) is 112 cm³/mol. The highest BCUT2D eigenvalue weighted by Crippen LogP contribution is 2.37. The third-order valence-corrected chi connectivity index (χ3v) is 6.18. The van der Waals surface area contributed by atoms with Crippen LogP contribution in [0.15, 0.2) is 24.3 Å². The fourth-order valence-corrected chi connectivity index (χ4v) is 4.42. The Hall–Kier alpha value is -3.08. The minimum Gasteiger partial charge on any atom is -0.480 e. The molecule has 1 atom stereocenters. The standard InChI is InChI=1S/C23H29N3O5/c1-22(2,3)19(20(28)29)26-13-10-23(31-21(26)30)8-11-25(12-9-23)18(27)14-16-4-6-17(15-24)7-5-16/h4-7,19H,8-14H2,1-3H3,(H,28,29). The predicted octanol–water partition coefficient (Wildman–Crippen LogP) is 2.80. The van der Waals surface area contributed by atoms with Crippen molar-refractivity contribution in [1.29, 1.82) is 5.26 Å². The Kier molecular flexibility index (Phi) is 6.25. The first kappa shape index (κ1) is 22.6. The van der Waals surface area contributed by atoms with E-state index in [-0.39, 0.29) is 12.3 Å². The summed E-state index contributed by atoms with van der Waals surface area (Å²) in [5.41, 5.74) is 0.155. The van der Waals surface area contributed by atoms with E-state index in [1.165, 1.54) is 4.90 Å². The molecule has 2 amide bonds. The average molecular weight is 428 g/mol. The van der Waals surface area contributed by atoms with Gasteiger partial charge in [-0.25, -0.2) is 9.59 Å². The summed E-state index contributed by atoms with van der Waals surface area (Å²) in [5.74, 6) is -1.04. The zero-order chi connectivity index (χ0) is 22.8. The van der Waals surface area contributed by atoms with Crippen LogP contribution in [0, 0.1) is 16.7 Å². The molecule has 0 radical (unpaired) electrons. The number of rotatable bonds is 4. The van der Waals surface area contributed by atoms with Crippen molar-refractivity contribution in [3.8, 4) is 6.07 Å². The second kappa shape index (κ2) is 8.58. The lowest BCUT2D eigenvalue weighted by Gasteiger charge is -2.48. The number of aliphatic carboxylic acids is 1. The maximum absolute atomic E-state index is 12.7. The minimum absolute atomic E-state index is 0.00185. The van der Waals surface area contributed by atoms with Crippen molar-refractivity contribution in [3.63, 3.8) is 0 Å². The first-order chi connectivity index (χ1) is 14.5. The normalized spacial score (nSPS) is 19.5. The summed E-state index contributed by atoms with van der Waals surface area (Å²) in [4.78, 5) is 40.2. The maximum atomic E-state index is 12.7. The van der Waals surface area contributed by atoms with Crippen molar-refractivity contribution >= 4 is 18.0 Å². The van der Waals surface area contributed by atoms with E-state index in [9.17, 15) is 19.5 Å². The van der Waals surface area contributed by atoms with Gasteiger partial charge < -0.3 is 14.7 Å². The highest BCUT2D eigenvalue weighted by Gasteiger charge is 2.48. The Morgan fingerprint density at radius 2 is 1.74 bits per heavy atom. The molecule has 1 aromatic rings. The Bertz CT molecular complexity index is 889. The molecule has 8 nitrogen and oxygen atoms in total. The Morgan fingerprint density at radius 1 is 1.16 bits per heavy atom. The van der Waals surface area contributed by atoms with E-state index in [0.29, 0.717) is 44.5 Å². The Morgan fingerprint density at radius 3 is 2.23 bits per heavy atom. The zero-order valence-electron chi connectivity index (χ0n) is 18.3. The minimum atomic E-state index is -1.04. The van der Waals surface area contributed by atoms with Gasteiger partial charge in [0.15, 0.2) is 0 Å². The van der Waals surface area contributed by atoms with Crippen LogP contribution in [-0.4, -0.2) is 64.2 Å². The number of benzene rings is 1. The number of piperidine rings is 1. The van der Waals surface area contributed by atoms with E-state index in [2.05, 4.69) is 6.07 Å². The molecule has 2 fully saturated rings. The zero-order valence-corrected chi connectivity index (χ0v) is 18.3. The summed E-state index contributed by atoms with van der Waals surface area (Å²) in [5, 5.41) is 18.5. The molecule has 31 heavy (non-hydrogen) atoms. The summed E-state index contributed by atoms with van der Waals surface area (Å²) in [6.07, 6.45) is 1.30. The molecule has 0 aromatic heterocycles. The summed E-state index contributed by atoms with van der Waals surface area (Å²) in [7, 11) is 0. The molecule has 3 rings (SSSR count). The number of hydrogen-bond acceptors (Lipinski definition) is 5. The summed E-state index contributed by atoms with van der Waals surface area (Å²) in [6, 6.07) is 8.07. The topological polar surface area (TPSA) is 111 Å². The number of nitrogens with zero attached hydrogens (tertiary/aromatic N) is 3. The average Bonchev–Trinajstić information content (AvgIpc) is 2.70. The number of carboxylic acid groups (broad SMARTS) is 1. The third-order valence-electron chi connectivity index (χ3n) is 6.18.